The van der Waals surface area contributed by atoms with Gasteiger partial charge >= 0.3 is 0 Å². The van der Waals surface area contributed by atoms with E-state index < -0.39 is 0 Å². The van der Waals surface area contributed by atoms with Crippen LogP contribution in [0.15, 0.2) is 54.6 Å². The molecule has 1 aliphatic heterocycles. The van der Waals surface area contributed by atoms with Crippen molar-refractivity contribution < 1.29 is 0 Å². The number of benzene rings is 2. The first kappa shape index (κ1) is 10.8. The molecule has 0 radical (unpaired) electrons. The molecule has 2 heteroatoms. The second-order valence-corrected chi connectivity index (χ2v) is 5.16. The van der Waals surface area contributed by atoms with Crippen LogP contribution in [0, 0.1) is 0 Å². The second kappa shape index (κ2) is 4.25. The van der Waals surface area contributed by atoms with E-state index in [2.05, 4.69) is 64.9 Å². The van der Waals surface area contributed by atoms with Gasteiger partial charge in [0, 0.05) is 35.6 Å². The van der Waals surface area contributed by atoms with Crippen LogP contribution in [0.2, 0.25) is 0 Å². The van der Waals surface area contributed by atoms with Crippen LogP contribution in [0.25, 0.3) is 10.9 Å². The fraction of sp³-hybridized carbons (Fsp3) is 0.176. The molecule has 94 valence electrons. The summed E-state index contributed by atoms with van der Waals surface area (Å²) in [6.45, 7) is 1.96. The maximum Gasteiger partial charge on any atom is 0.0459 e. The molecule has 2 nitrogen and oxygen atoms in total. The molecule has 0 amide bonds. The van der Waals surface area contributed by atoms with E-state index in [9.17, 15) is 0 Å². The van der Waals surface area contributed by atoms with Gasteiger partial charge in [0.15, 0.2) is 0 Å². The number of para-hydroxylation sites is 1. The average Bonchev–Trinajstić information content (AvgIpc) is 2.87. The molecule has 19 heavy (non-hydrogen) atoms. The molecule has 0 unspecified atom stereocenters. The minimum absolute atomic E-state index is 0.428. The number of nitrogens with one attached hydrogen (secondary N) is 2. The van der Waals surface area contributed by atoms with E-state index in [1.165, 1.54) is 27.7 Å². The Hall–Kier alpha value is -2.06. The zero-order chi connectivity index (χ0) is 12.7. The standard InChI is InChI=1S/C17H16N2/c1-2-6-12(7-3-1)14-10-18-11-15-13-8-4-5-9-16(13)19-17(14)15/h1-9,14,18-19H,10-11H2/t14-/m0/s1. The van der Waals surface area contributed by atoms with Crippen LogP contribution in [-0.4, -0.2) is 11.5 Å². The first-order chi connectivity index (χ1) is 9.43. The van der Waals surface area contributed by atoms with Gasteiger partial charge in [-0.1, -0.05) is 48.5 Å². The van der Waals surface area contributed by atoms with Gasteiger partial charge in [0.1, 0.15) is 0 Å². The molecule has 2 heterocycles. The number of aromatic amines is 1. The predicted molar refractivity (Wildman–Crippen MR) is 78.3 cm³/mol. The number of hydrogen-bond donors (Lipinski definition) is 2. The number of rotatable bonds is 1. The molecule has 1 aromatic heterocycles. The summed E-state index contributed by atoms with van der Waals surface area (Å²) >= 11 is 0. The SMILES string of the molecule is c1ccc([C@@H]2CNCc3c2[nH]c2ccccc32)cc1. The Morgan fingerprint density at radius 2 is 1.68 bits per heavy atom. The second-order valence-electron chi connectivity index (χ2n) is 5.16. The highest BCUT2D eigenvalue weighted by atomic mass is 14.9. The van der Waals surface area contributed by atoms with Crippen molar-refractivity contribution in [3.05, 3.63) is 71.4 Å². The van der Waals surface area contributed by atoms with E-state index in [1.54, 1.807) is 0 Å². The highest BCUT2D eigenvalue weighted by Crippen LogP contribution is 2.33. The van der Waals surface area contributed by atoms with Crippen molar-refractivity contribution in [2.45, 2.75) is 12.5 Å². The molecule has 0 fully saturated rings. The third-order valence-electron chi connectivity index (χ3n) is 4.05. The Morgan fingerprint density at radius 3 is 2.58 bits per heavy atom. The first-order valence-corrected chi connectivity index (χ1v) is 6.78. The van der Waals surface area contributed by atoms with Gasteiger partial charge in [-0.05, 0) is 17.2 Å². The number of hydrogen-bond acceptors (Lipinski definition) is 1. The Kier molecular flexibility index (Phi) is 2.42. The van der Waals surface area contributed by atoms with Gasteiger partial charge in [-0.2, -0.15) is 0 Å². The van der Waals surface area contributed by atoms with Gasteiger partial charge < -0.3 is 10.3 Å². The normalized spacial score (nSPS) is 18.4. The van der Waals surface area contributed by atoms with Crippen molar-refractivity contribution >= 4 is 10.9 Å². The third kappa shape index (κ3) is 1.68. The van der Waals surface area contributed by atoms with Gasteiger partial charge in [0.2, 0.25) is 0 Å². The van der Waals surface area contributed by atoms with Crippen LogP contribution in [-0.2, 0) is 6.54 Å². The van der Waals surface area contributed by atoms with Gasteiger partial charge in [0.25, 0.3) is 0 Å². The first-order valence-electron chi connectivity index (χ1n) is 6.78. The fourth-order valence-electron chi connectivity index (χ4n) is 3.12. The molecule has 0 saturated heterocycles. The summed E-state index contributed by atoms with van der Waals surface area (Å²) in [6, 6.07) is 19.3. The minimum Gasteiger partial charge on any atom is -0.358 e. The molecule has 2 aromatic carbocycles. The fourth-order valence-corrected chi connectivity index (χ4v) is 3.12. The van der Waals surface area contributed by atoms with Crippen LogP contribution in [0.3, 0.4) is 0 Å². The molecular weight excluding hydrogens is 232 g/mol. The minimum atomic E-state index is 0.428. The van der Waals surface area contributed by atoms with Crippen molar-refractivity contribution in [1.82, 2.24) is 10.3 Å². The van der Waals surface area contributed by atoms with Gasteiger partial charge in [-0.25, -0.2) is 0 Å². The van der Waals surface area contributed by atoms with Gasteiger partial charge in [0.05, 0.1) is 0 Å². The Morgan fingerprint density at radius 1 is 0.895 bits per heavy atom. The summed E-state index contributed by atoms with van der Waals surface area (Å²) in [6.07, 6.45) is 0. The number of fused-ring (bicyclic) bond motifs is 3. The molecule has 4 rings (SSSR count). The molecule has 1 atom stereocenters. The molecule has 0 aliphatic carbocycles. The molecule has 0 saturated carbocycles. The summed E-state index contributed by atoms with van der Waals surface area (Å²) in [4.78, 5) is 3.62. The molecule has 0 bridgehead atoms. The van der Waals surface area contributed by atoms with E-state index in [-0.39, 0.29) is 0 Å². The van der Waals surface area contributed by atoms with Crippen molar-refractivity contribution in [2.75, 3.05) is 6.54 Å². The lowest BCUT2D eigenvalue weighted by molar-refractivity contribution is 0.586. The molecule has 1 aliphatic rings. The smallest absolute Gasteiger partial charge is 0.0459 e. The lowest BCUT2D eigenvalue weighted by Crippen LogP contribution is -2.28. The predicted octanol–water partition coefficient (Wildman–Crippen LogP) is 3.40. The highest BCUT2D eigenvalue weighted by molar-refractivity contribution is 5.85. The zero-order valence-corrected chi connectivity index (χ0v) is 10.7. The summed E-state index contributed by atoms with van der Waals surface area (Å²) < 4.78 is 0. The highest BCUT2D eigenvalue weighted by Gasteiger charge is 2.24. The van der Waals surface area contributed by atoms with Crippen molar-refractivity contribution in [3.63, 3.8) is 0 Å². The number of aromatic nitrogens is 1. The van der Waals surface area contributed by atoms with Gasteiger partial charge in [-0.15, -0.1) is 0 Å². The quantitative estimate of drug-likeness (QED) is 0.678. The van der Waals surface area contributed by atoms with Crippen LogP contribution >= 0.6 is 0 Å². The molecule has 3 aromatic rings. The average molecular weight is 248 g/mol. The zero-order valence-electron chi connectivity index (χ0n) is 10.7. The maximum atomic E-state index is 3.62. The number of H-pyrrole nitrogens is 1. The van der Waals surface area contributed by atoms with Crippen molar-refractivity contribution in [1.29, 1.82) is 0 Å². The van der Waals surface area contributed by atoms with Crippen LogP contribution in [0.4, 0.5) is 0 Å². The van der Waals surface area contributed by atoms with Crippen LogP contribution < -0.4 is 5.32 Å². The Bertz CT molecular complexity index is 712. The van der Waals surface area contributed by atoms with E-state index in [4.69, 9.17) is 0 Å². The van der Waals surface area contributed by atoms with E-state index in [1.807, 2.05) is 0 Å². The third-order valence-corrected chi connectivity index (χ3v) is 4.05. The summed E-state index contributed by atoms with van der Waals surface area (Å²) in [5, 5.41) is 4.90. The largest absolute Gasteiger partial charge is 0.358 e. The molecular formula is C17H16N2. The topological polar surface area (TPSA) is 27.8 Å². The summed E-state index contributed by atoms with van der Waals surface area (Å²) in [5.74, 6) is 0.428. The van der Waals surface area contributed by atoms with Crippen LogP contribution in [0.5, 0.6) is 0 Å². The molecule has 2 N–H and O–H groups in total. The van der Waals surface area contributed by atoms with Crippen molar-refractivity contribution in [3.8, 4) is 0 Å². The van der Waals surface area contributed by atoms with E-state index >= 15 is 0 Å². The van der Waals surface area contributed by atoms with E-state index in [0.717, 1.165) is 13.1 Å². The maximum absolute atomic E-state index is 3.62. The Labute approximate surface area is 112 Å². The Balaban J connectivity index is 1.91. The van der Waals surface area contributed by atoms with Crippen molar-refractivity contribution in [2.24, 2.45) is 0 Å². The lowest BCUT2D eigenvalue weighted by atomic mass is 9.90. The lowest BCUT2D eigenvalue weighted by Gasteiger charge is -2.24. The van der Waals surface area contributed by atoms with Crippen LogP contribution in [0.1, 0.15) is 22.7 Å². The van der Waals surface area contributed by atoms with E-state index in [0.29, 0.717) is 5.92 Å². The van der Waals surface area contributed by atoms with Gasteiger partial charge in [-0.3, -0.25) is 0 Å². The monoisotopic (exact) mass is 248 g/mol. The molecule has 0 spiro atoms. The summed E-state index contributed by atoms with van der Waals surface area (Å²) in [5.41, 5.74) is 5.43. The summed E-state index contributed by atoms with van der Waals surface area (Å²) in [7, 11) is 0.